The summed E-state index contributed by atoms with van der Waals surface area (Å²) >= 11 is 0. The molecule has 1 fully saturated rings. The van der Waals surface area contributed by atoms with Crippen LogP contribution < -0.4 is 15.4 Å². The maximum atomic E-state index is 13.3. The lowest BCUT2D eigenvalue weighted by Crippen LogP contribution is -2.54. The van der Waals surface area contributed by atoms with Gasteiger partial charge in [-0.25, -0.2) is 9.18 Å². The number of carbonyl (C=O) groups excluding carboxylic acids is 2. The van der Waals surface area contributed by atoms with Crippen LogP contribution in [0.2, 0.25) is 0 Å². The molecule has 1 aliphatic heterocycles. The third-order valence-electron chi connectivity index (χ3n) is 5.30. The number of piperazine rings is 1. The van der Waals surface area contributed by atoms with Crippen molar-refractivity contribution in [2.45, 2.75) is 26.8 Å². The van der Waals surface area contributed by atoms with Crippen molar-refractivity contribution in [3.63, 3.8) is 0 Å². The average molecular weight is 429 g/mol. The molecule has 2 aromatic carbocycles. The minimum atomic E-state index is -0.397. The van der Waals surface area contributed by atoms with Crippen molar-refractivity contribution in [3.8, 4) is 5.75 Å². The molecule has 2 N–H and O–H groups in total. The zero-order valence-electron chi connectivity index (χ0n) is 18.2. The van der Waals surface area contributed by atoms with E-state index in [1.807, 2.05) is 43.9 Å². The summed E-state index contributed by atoms with van der Waals surface area (Å²) in [6.07, 6.45) is 0. The highest BCUT2D eigenvalue weighted by atomic mass is 19.1. The van der Waals surface area contributed by atoms with Crippen molar-refractivity contribution < 1.29 is 18.7 Å². The fourth-order valence-corrected chi connectivity index (χ4v) is 3.49. The first-order valence-electron chi connectivity index (χ1n) is 10.5. The first-order chi connectivity index (χ1) is 14.9. The lowest BCUT2D eigenvalue weighted by atomic mass is 10.2. The third kappa shape index (κ3) is 5.95. The first-order valence-corrected chi connectivity index (χ1v) is 10.5. The summed E-state index contributed by atoms with van der Waals surface area (Å²) in [6, 6.07) is 10.9. The molecule has 1 aliphatic rings. The normalized spacial score (nSPS) is 15.3. The average Bonchev–Trinajstić information content (AvgIpc) is 2.75. The van der Waals surface area contributed by atoms with E-state index < -0.39 is 11.9 Å². The van der Waals surface area contributed by atoms with E-state index in [9.17, 15) is 14.0 Å². The highest BCUT2D eigenvalue weighted by Gasteiger charge is 2.28. The number of benzene rings is 2. The van der Waals surface area contributed by atoms with Gasteiger partial charge in [0.25, 0.3) is 0 Å². The molecule has 0 aliphatic carbocycles. The van der Waals surface area contributed by atoms with Crippen molar-refractivity contribution in [2.24, 2.45) is 0 Å². The number of nitrogens with one attached hydrogen (secondary N) is 2. The molecule has 2 aromatic rings. The van der Waals surface area contributed by atoms with Crippen LogP contribution in [0, 0.1) is 12.7 Å². The van der Waals surface area contributed by atoms with Crippen molar-refractivity contribution in [2.75, 3.05) is 43.4 Å². The number of urea groups is 1. The molecule has 0 aromatic heterocycles. The van der Waals surface area contributed by atoms with Crippen molar-refractivity contribution in [1.29, 1.82) is 0 Å². The van der Waals surface area contributed by atoms with Crippen LogP contribution in [0.5, 0.6) is 5.75 Å². The Morgan fingerprint density at radius 2 is 1.84 bits per heavy atom. The molecule has 0 radical (unpaired) electrons. The largest absolute Gasteiger partial charge is 0.492 e. The van der Waals surface area contributed by atoms with Gasteiger partial charge in [-0.05, 0) is 56.7 Å². The smallest absolute Gasteiger partial charge is 0.322 e. The van der Waals surface area contributed by atoms with Gasteiger partial charge in [0.2, 0.25) is 5.91 Å². The van der Waals surface area contributed by atoms with Gasteiger partial charge in [0.1, 0.15) is 11.6 Å². The Morgan fingerprint density at radius 3 is 2.52 bits per heavy atom. The molecule has 0 spiro atoms. The van der Waals surface area contributed by atoms with Crippen LogP contribution in [0.15, 0.2) is 42.5 Å². The summed E-state index contributed by atoms with van der Waals surface area (Å²) < 4.78 is 19.0. The second-order valence-corrected chi connectivity index (χ2v) is 7.56. The van der Waals surface area contributed by atoms with E-state index >= 15 is 0 Å². The molecule has 7 nitrogen and oxygen atoms in total. The first kappa shape index (κ1) is 22.6. The molecule has 1 heterocycles. The van der Waals surface area contributed by atoms with Gasteiger partial charge in [0.05, 0.1) is 18.3 Å². The molecule has 1 atom stereocenters. The van der Waals surface area contributed by atoms with Crippen LogP contribution in [0.25, 0.3) is 0 Å². The summed E-state index contributed by atoms with van der Waals surface area (Å²) in [7, 11) is 0. The Morgan fingerprint density at radius 1 is 1.10 bits per heavy atom. The molecule has 3 rings (SSSR count). The van der Waals surface area contributed by atoms with Crippen LogP contribution in [0.4, 0.5) is 20.6 Å². The molecule has 0 bridgehead atoms. The van der Waals surface area contributed by atoms with Crippen LogP contribution in [0.1, 0.15) is 19.4 Å². The van der Waals surface area contributed by atoms with E-state index in [0.29, 0.717) is 49.9 Å². The van der Waals surface area contributed by atoms with Gasteiger partial charge < -0.3 is 20.3 Å². The van der Waals surface area contributed by atoms with Gasteiger partial charge >= 0.3 is 6.03 Å². The van der Waals surface area contributed by atoms with Gasteiger partial charge in [-0.15, -0.1) is 0 Å². The topological polar surface area (TPSA) is 73.9 Å². The van der Waals surface area contributed by atoms with E-state index in [1.165, 1.54) is 12.1 Å². The minimum Gasteiger partial charge on any atom is -0.492 e. The SMILES string of the molecule is CCOc1cc(C)ccc1NC(=O)N1CCN(C(C)C(=O)Nc2cccc(F)c2)CC1. The highest BCUT2D eigenvalue weighted by Crippen LogP contribution is 2.26. The Balaban J connectivity index is 1.53. The predicted molar refractivity (Wildman–Crippen MR) is 119 cm³/mol. The number of amides is 3. The van der Waals surface area contributed by atoms with Crippen LogP contribution in [0.3, 0.4) is 0 Å². The fraction of sp³-hybridized carbons (Fsp3) is 0.391. The molecular weight excluding hydrogens is 399 g/mol. The van der Waals surface area contributed by atoms with Gasteiger partial charge in [0.15, 0.2) is 0 Å². The lowest BCUT2D eigenvalue weighted by molar-refractivity contribution is -0.121. The molecule has 0 saturated carbocycles. The molecule has 31 heavy (non-hydrogen) atoms. The number of halogens is 1. The number of aryl methyl sites for hydroxylation is 1. The number of hydrogen-bond acceptors (Lipinski definition) is 4. The molecular formula is C23H29FN4O3. The van der Waals surface area contributed by atoms with Gasteiger partial charge in [-0.1, -0.05) is 12.1 Å². The zero-order chi connectivity index (χ0) is 22.4. The monoisotopic (exact) mass is 428 g/mol. The van der Waals surface area contributed by atoms with Crippen LogP contribution >= 0.6 is 0 Å². The summed E-state index contributed by atoms with van der Waals surface area (Å²) in [5.41, 5.74) is 2.13. The molecule has 1 unspecified atom stereocenters. The van der Waals surface area contributed by atoms with Crippen LogP contribution in [-0.2, 0) is 4.79 Å². The van der Waals surface area contributed by atoms with Gasteiger partial charge in [0, 0.05) is 31.9 Å². The summed E-state index contributed by atoms with van der Waals surface area (Å²) in [5.74, 6) is 0.0489. The summed E-state index contributed by atoms with van der Waals surface area (Å²) in [5, 5.41) is 5.67. The Hall–Kier alpha value is -3.13. The Kier molecular flexibility index (Phi) is 7.46. The van der Waals surface area contributed by atoms with E-state index in [1.54, 1.807) is 17.0 Å². The molecule has 8 heteroatoms. The number of anilines is 2. The van der Waals surface area contributed by atoms with Crippen molar-refractivity contribution in [1.82, 2.24) is 9.80 Å². The number of hydrogen-bond donors (Lipinski definition) is 2. The molecule has 1 saturated heterocycles. The van der Waals surface area contributed by atoms with E-state index in [2.05, 4.69) is 10.6 Å². The summed E-state index contributed by atoms with van der Waals surface area (Å²) in [4.78, 5) is 29.0. The van der Waals surface area contributed by atoms with Gasteiger partial charge in [-0.3, -0.25) is 9.69 Å². The number of ether oxygens (including phenoxy) is 1. The zero-order valence-corrected chi connectivity index (χ0v) is 18.2. The molecule has 166 valence electrons. The predicted octanol–water partition coefficient (Wildman–Crippen LogP) is 3.71. The van der Waals surface area contributed by atoms with E-state index in [-0.39, 0.29) is 11.9 Å². The maximum absolute atomic E-state index is 13.3. The highest BCUT2D eigenvalue weighted by molar-refractivity contribution is 5.94. The second-order valence-electron chi connectivity index (χ2n) is 7.56. The van der Waals surface area contributed by atoms with Crippen molar-refractivity contribution >= 4 is 23.3 Å². The third-order valence-corrected chi connectivity index (χ3v) is 5.30. The maximum Gasteiger partial charge on any atom is 0.322 e. The van der Waals surface area contributed by atoms with E-state index in [0.717, 1.165) is 5.56 Å². The van der Waals surface area contributed by atoms with Crippen molar-refractivity contribution in [3.05, 3.63) is 53.8 Å². The van der Waals surface area contributed by atoms with E-state index in [4.69, 9.17) is 4.74 Å². The second kappa shape index (κ2) is 10.3. The number of carbonyl (C=O) groups is 2. The quantitative estimate of drug-likeness (QED) is 0.736. The number of rotatable bonds is 6. The minimum absolute atomic E-state index is 0.193. The summed E-state index contributed by atoms with van der Waals surface area (Å²) in [6.45, 7) is 8.33. The lowest BCUT2D eigenvalue weighted by Gasteiger charge is -2.37. The van der Waals surface area contributed by atoms with Gasteiger partial charge in [-0.2, -0.15) is 0 Å². The fourth-order valence-electron chi connectivity index (χ4n) is 3.49. The Labute approximate surface area is 182 Å². The number of nitrogens with zero attached hydrogens (tertiary/aromatic N) is 2. The van der Waals surface area contributed by atoms with Crippen LogP contribution in [-0.4, -0.2) is 60.6 Å². The standard InChI is InChI=1S/C23H29FN4O3/c1-4-31-21-14-16(2)8-9-20(21)26-23(30)28-12-10-27(11-13-28)17(3)22(29)25-19-7-5-6-18(24)15-19/h5-9,14-15,17H,4,10-13H2,1-3H3,(H,25,29)(H,26,30). The molecule has 3 amide bonds. The Bertz CT molecular complexity index is 929.